The Morgan fingerprint density at radius 2 is 2.25 bits per heavy atom. The summed E-state index contributed by atoms with van der Waals surface area (Å²) in [5, 5.41) is 2.81. The lowest BCUT2D eigenvalue weighted by atomic mass is 10.5. The van der Waals surface area contributed by atoms with Crippen LogP contribution in [0.25, 0.3) is 10.7 Å². The Kier molecular flexibility index (Phi) is 2.14. The molecule has 5 heteroatoms. The average molecular weight is 242 g/mol. The molecule has 0 aliphatic carbocycles. The lowest BCUT2D eigenvalue weighted by Gasteiger charge is -1.93. The molecule has 3 nitrogen and oxygen atoms in total. The van der Waals surface area contributed by atoms with E-state index in [1.54, 1.807) is 29.9 Å². The summed E-state index contributed by atoms with van der Waals surface area (Å²) in [4.78, 5) is 12.3. The monoisotopic (exact) mass is 241 g/mol. The molecule has 0 saturated heterocycles. The van der Waals surface area contributed by atoms with Crippen molar-refractivity contribution >= 4 is 27.3 Å². The maximum absolute atomic E-state index is 4.22. The fourth-order valence-electron chi connectivity index (χ4n) is 0.795. The predicted octanol–water partition coefficient (Wildman–Crippen LogP) is 2.36. The summed E-state index contributed by atoms with van der Waals surface area (Å²) in [6.45, 7) is 0. The van der Waals surface area contributed by atoms with Gasteiger partial charge in [0.1, 0.15) is 15.3 Å². The average Bonchev–Trinajstić information content (AvgIpc) is 2.56. The molecule has 2 aromatic heterocycles. The molecule has 0 radical (unpaired) electrons. The molecule has 0 aliphatic heterocycles. The standard InChI is InChI=1S/C7H4BrN3S/c8-6-4-9-3-5(11-6)7-10-1-2-12-7/h1-4H. The second kappa shape index (κ2) is 3.28. The van der Waals surface area contributed by atoms with E-state index < -0.39 is 0 Å². The van der Waals surface area contributed by atoms with Crippen LogP contribution in [0.2, 0.25) is 0 Å². The fourth-order valence-corrected chi connectivity index (χ4v) is 1.70. The molecule has 2 rings (SSSR count). The molecule has 60 valence electrons. The number of rotatable bonds is 1. The lowest BCUT2D eigenvalue weighted by molar-refractivity contribution is 1.16. The molecule has 0 saturated carbocycles. The number of hydrogen-bond acceptors (Lipinski definition) is 4. The molecule has 0 N–H and O–H groups in total. The SMILES string of the molecule is Brc1cncc(-c2nccs2)n1. The van der Waals surface area contributed by atoms with Gasteiger partial charge < -0.3 is 0 Å². The molecule has 0 spiro atoms. The van der Waals surface area contributed by atoms with Gasteiger partial charge in [0, 0.05) is 11.6 Å². The molecule has 0 unspecified atom stereocenters. The van der Waals surface area contributed by atoms with Crippen LogP contribution in [-0.2, 0) is 0 Å². The molecule has 0 aromatic carbocycles. The van der Waals surface area contributed by atoms with Gasteiger partial charge in [-0.1, -0.05) is 0 Å². The topological polar surface area (TPSA) is 38.7 Å². The number of hydrogen-bond donors (Lipinski definition) is 0. The molecule has 12 heavy (non-hydrogen) atoms. The van der Waals surface area contributed by atoms with Crippen molar-refractivity contribution in [3.63, 3.8) is 0 Å². The Morgan fingerprint density at radius 3 is 2.92 bits per heavy atom. The molecular weight excluding hydrogens is 238 g/mol. The van der Waals surface area contributed by atoms with Gasteiger partial charge in [-0.2, -0.15) is 0 Å². The maximum atomic E-state index is 4.22. The van der Waals surface area contributed by atoms with Crippen LogP contribution in [0.4, 0.5) is 0 Å². The maximum Gasteiger partial charge on any atom is 0.143 e. The number of halogens is 1. The van der Waals surface area contributed by atoms with Crippen LogP contribution < -0.4 is 0 Å². The van der Waals surface area contributed by atoms with Crippen molar-refractivity contribution in [2.45, 2.75) is 0 Å². The minimum Gasteiger partial charge on any atom is -0.260 e. The Balaban J connectivity index is 2.48. The first-order valence-corrected chi connectivity index (χ1v) is 4.91. The predicted molar refractivity (Wildman–Crippen MR) is 50.8 cm³/mol. The third-order valence-corrected chi connectivity index (χ3v) is 2.43. The van der Waals surface area contributed by atoms with Crippen molar-refractivity contribution in [3.8, 4) is 10.7 Å². The van der Waals surface area contributed by atoms with E-state index in [0.717, 1.165) is 15.3 Å². The Hall–Kier alpha value is -0.810. The molecule has 0 aliphatic rings. The summed E-state index contributed by atoms with van der Waals surface area (Å²) in [7, 11) is 0. The van der Waals surface area contributed by atoms with Crippen molar-refractivity contribution in [2.24, 2.45) is 0 Å². The van der Waals surface area contributed by atoms with E-state index in [1.165, 1.54) is 0 Å². The lowest BCUT2D eigenvalue weighted by Crippen LogP contribution is -1.84. The van der Waals surface area contributed by atoms with Gasteiger partial charge in [-0.15, -0.1) is 11.3 Å². The van der Waals surface area contributed by atoms with E-state index in [1.807, 2.05) is 5.38 Å². The molecule has 2 aromatic rings. The highest BCUT2D eigenvalue weighted by Crippen LogP contribution is 2.19. The highest BCUT2D eigenvalue weighted by molar-refractivity contribution is 9.10. The van der Waals surface area contributed by atoms with Gasteiger partial charge in [0.15, 0.2) is 0 Å². The summed E-state index contributed by atoms with van der Waals surface area (Å²) in [5.74, 6) is 0. The zero-order valence-corrected chi connectivity index (χ0v) is 8.34. The van der Waals surface area contributed by atoms with Gasteiger partial charge in [-0.3, -0.25) is 4.98 Å². The number of thiazole rings is 1. The molecule has 0 amide bonds. The molecule has 2 heterocycles. The third kappa shape index (κ3) is 1.51. The van der Waals surface area contributed by atoms with Crippen LogP contribution in [-0.4, -0.2) is 15.0 Å². The van der Waals surface area contributed by atoms with Crippen LogP contribution in [0.3, 0.4) is 0 Å². The number of nitrogens with zero attached hydrogens (tertiary/aromatic N) is 3. The zero-order chi connectivity index (χ0) is 8.39. The van der Waals surface area contributed by atoms with Gasteiger partial charge in [-0.05, 0) is 15.9 Å². The molecule has 0 atom stereocenters. The second-order valence-electron chi connectivity index (χ2n) is 2.06. The van der Waals surface area contributed by atoms with E-state index in [9.17, 15) is 0 Å². The highest BCUT2D eigenvalue weighted by atomic mass is 79.9. The van der Waals surface area contributed by atoms with Gasteiger partial charge >= 0.3 is 0 Å². The Labute approximate surface area is 81.7 Å². The first-order valence-electron chi connectivity index (χ1n) is 3.23. The summed E-state index contributed by atoms with van der Waals surface area (Å²) in [6, 6.07) is 0. The summed E-state index contributed by atoms with van der Waals surface area (Å²) < 4.78 is 0.732. The van der Waals surface area contributed by atoms with Crippen LogP contribution in [0.15, 0.2) is 28.6 Å². The van der Waals surface area contributed by atoms with Crippen molar-refractivity contribution in [2.75, 3.05) is 0 Å². The van der Waals surface area contributed by atoms with E-state index in [-0.39, 0.29) is 0 Å². The third-order valence-electron chi connectivity index (χ3n) is 1.26. The fraction of sp³-hybridized carbons (Fsp3) is 0. The molecule has 0 bridgehead atoms. The minimum atomic E-state index is 0.732. The van der Waals surface area contributed by atoms with Crippen LogP contribution in [0, 0.1) is 0 Å². The van der Waals surface area contributed by atoms with E-state index >= 15 is 0 Å². The van der Waals surface area contributed by atoms with Gasteiger partial charge in [-0.25, -0.2) is 9.97 Å². The zero-order valence-electron chi connectivity index (χ0n) is 5.94. The van der Waals surface area contributed by atoms with Crippen molar-refractivity contribution in [1.82, 2.24) is 15.0 Å². The Bertz CT molecular complexity index is 374. The first-order chi connectivity index (χ1) is 5.86. The highest BCUT2D eigenvalue weighted by Gasteiger charge is 2.01. The smallest absolute Gasteiger partial charge is 0.143 e. The number of aromatic nitrogens is 3. The van der Waals surface area contributed by atoms with Crippen molar-refractivity contribution in [1.29, 1.82) is 0 Å². The van der Waals surface area contributed by atoms with Crippen molar-refractivity contribution < 1.29 is 0 Å². The molecule has 0 fully saturated rings. The van der Waals surface area contributed by atoms with Crippen LogP contribution in [0.1, 0.15) is 0 Å². The van der Waals surface area contributed by atoms with E-state index in [0.29, 0.717) is 0 Å². The summed E-state index contributed by atoms with van der Waals surface area (Å²) in [6.07, 6.45) is 5.10. The molecular formula is C7H4BrN3S. The van der Waals surface area contributed by atoms with Gasteiger partial charge in [0.25, 0.3) is 0 Å². The van der Waals surface area contributed by atoms with Crippen LogP contribution >= 0.6 is 27.3 Å². The van der Waals surface area contributed by atoms with E-state index in [4.69, 9.17) is 0 Å². The second-order valence-corrected chi connectivity index (χ2v) is 3.77. The normalized spacial score (nSPS) is 10.1. The van der Waals surface area contributed by atoms with Crippen molar-refractivity contribution in [3.05, 3.63) is 28.6 Å². The largest absolute Gasteiger partial charge is 0.260 e. The van der Waals surface area contributed by atoms with Crippen LogP contribution in [0.5, 0.6) is 0 Å². The quantitative estimate of drug-likeness (QED) is 0.770. The summed E-state index contributed by atoms with van der Waals surface area (Å²) >= 11 is 4.80. The van der Waals surface area contributed by atoms with E-state index in [2.05, 4.69) is 30.9 Å². The minimum absolute atomic E-state index is 0.732. The first kappa shape index (κ1) is 7.82. The van der Waals surface area contributed by atoms with Gasteiger partial charge in [0.2, 0.25) is 0 Å². The Morgan fingerprint density at radius 1 is 1.33 bits per heavy atom. The van der Waals surface area contributed by atoms with Gasteiger partial charge in [0.05, 0.1) is 12.4 Å². The summed E-state index contributed by atoms with van der Waals surface area (Å²) in [5.41, 5.74) is 0.805.